The third kappa shape index (κ3) is 3.91. The lowest BCUT2D eigenvalue weighted by Crippen LogP contribution is -2.49. The van der Waals surface area contributed by atoms with Gasteiger partial charge in [0.25, 0.3) is 5.91 Å². The third-order valence-corrected chi connectivity index (χ3v) is 5.02. The van der Waals surface area contributed by atoms with Crippen molar-refractivity contribution in [2.75, 3.05) is 38.2 Å². The summed E-state index contributed by atoms with van der Waals surface area (Å²) in [5.74, 6) is -0.690. The molecule has 1 amide bonds. The van der Waals surface area contributed by atoms with Crippen molar-refractivity contribution in [3.05, 3.63) is 65.7 Å². The van der Waals surface area contributed by atoms with Crippen molar-refractivity contribution in [2.45, 2.75) is 0 Å². The maximum Gasteiger partial charge on any atom is 0.254 e. The van der Waals surface area contributed by atoms with Gasteiger partial charge in [0.15, 0.2) is 17.5 Å². The van der Waals surface area contributed by atoms with Crippen molar-refractivity contribution in [1.29, 1.82) is 0 Å². The molecule has 3 aromatic rings. The number of nitrogens with zero attached hydrogens (tertiary/aromatic N) is 3. The fourth-order valence-electron chi connectivity index (χ4n) is 3.34. The maximum atomic E-state index is 13.4. The predicted octanol–water partition coefficient (Wildman–Crippen LogP) is 3.33. The van der Waals surface area contributed by atoms with E-state index in [1.54, 1.807) is 12.0 Å². The molecule has 1 aliphatic heterocycles. The van der Waals surface area contributed by atoms with Crippen LogP contribution in [0.5, 0.6) is 5.75 Å². The minimum Gasteiger partial charge on any atom is -0.497 e. The van der Waals surface area contributed by atoms with Crippen LogP contribution in [0.1, 0.15) is 10.4 Å². The summed E-state index contributed by atoms with van der Waals surface area (Å²) in [6.45, 7) is 2.15. The van der Waals surface area contributed by atoms with E-state index in [4.69, 9.17) is 4.74 Å². The van der Waals surface area contributed by atoms with Crippen LogP contribution in [0.4, 0.5) is 14.6 Å². The number of H-pyrrole nitrogens is 1. The maximum absolute atomic E-state index is 13.4. The molecular formula is C21H20F2N4O2. The highest BCUT2D eigenvalue weighted by Crippen LogP contribution is 2.25. The molecule has 0 atom stereocenters. The molecule has 0 aliphatic carbocycles. The molecular weight excluding hydrogens is 378 g/mol. The summed E-state index contributed by atoms with van der Waals surface area (Å²) in [6, 6.07) is 12.9. The highest BCUT2D eigenvalue weighted by atomic mass is 19.2. The lowest BCUT2D eigenvalue weighted by atomic mass is 10.1. The van der Waals surface area contributed by atoms with Crippen molar-refractivity contribution in [3.8, 4) is 17.0 Å². The number of aromatic amines is 1. The van der Waals surface area contributed by atoms with Crippen LogP contribution in [0, 0.1) is 11.6 Å². The topological polar surface area (TPSA) is 61.5 Å². The SMILES string of the molecule is COc1ccc(-c2cc(N3CCN(C(=O)c4ccc(F)c(F)c4)CC3)n[nH]2)cc1. The van der Waals surface area contributed by atoms with E-state index < -0.39 is 11.6 Å². The van der Waals surface area contributed by atoms with Crippen LogP contribution in [-0.4, -0.2) is 54.3 Å². The summed E-state index contributed by atoms with van der Waals surface area (Å²) in [4.78, 5) is 16.3. The zero-order chi connectivity index (χ0) is 20.4. The molecule has 6 nitrogen and oxygen atoms in total. The number of methoxy groups -OCH3 is 1. The van der Waals surface area contributed by atoms with E-state index in [0.717, 1.165) is 35.0 Å². The van der Waals surface area contributed by atoms with Gasteiger partial charge >= 0.3 is 0 Å². The molecule has 0 bridgehead atoms. The van der Waals surface area contributed by atoms with Crippen molar-refractivity contribution >= 4 is 11.7 Å². The van der Waals surface area contributed by atoms with Gasteiger partial charge in [-0.2, -0.15) is 5.10 Å². The van der Waals surface area contributed by atoms with Crippen molar-refractivity contribution in [1.82, 2.24) is 15.1 Å². The molecule has 0 saturated carbocycles. The average Bonchev–Trinajstić information content (AvgIpc) is 3.25. The summed E-state index contributed by atoms with van der Waals surface area (Å²) < 4.78 is 31.7. The molecule has 1 N–H and O–H groups in total. The number of rotatable bonds is 4. The van der Waals surface area contributed by atoms with E-state index in [-0.39, 0.29) is 11.5 Å². The van der Waals surface area contributed by atoms with E-state index in [0.29, 0.717) is 26.2 Å². The van der Waals surface area contributed by atoms with Gasteiger partial charge < -0.3 is 14.5 Å². The Hall–Kier alpha value is -3.42. The zero-order valence-corrected chi connectivity index (χ0v) is 15.9. The molecule has 0 spiro atoms. The number of piperazine rings is 1. The van der Waals surface area contributed by atoms with E-state index in [1.165, 1.54) is 6.07 Å². The smallest absolute Gasteiger partial charge is 0.254 e. The lowest BCUT2D eigenvalue weighted by molar-refractivity contribution is 0.0746. The monoisotopic (exact) mass is 398 g/mol. The van der Waals surface area contributed by atoms with Gasteiger partial charge in [-0.25, -0.2) is 8.78 Å². The number of amides is 1. The highest BCUT2D eigenvalue weighted by molar-refractivity contribution is 5.94. The van der Waals surface area contributed by atoms with Gasteiger partial charge in [-0.05, 0) is 48.0 Å². The number of ether oxygens (including phenoxy) is 1. The summed E-state index contributed by atoms with van der Waals surface area (Å²) in [5, 5.41) is 7.42. The van der Waals surface area contributed by atoms with Crippen molar-refractivity contribution in [3.63, 3.8) is 0 Å². The predicted molar refractivity (Wildman–Crippen MR) is 105 cm³/mol. The minimum absolute atomic E-state index is 0.152. The van der Waals surface area contributed by atoms with Gasteiger partial charge in [-0.15, -0.1) is 0 Å². The molecule has 29 heavy (non-hydrogen) atoms. The number of carbonyl (C=O) groups excluding carboxylic acids is 1. The van der Waals surface area contributed by atoms with E-state index in [2.05, 4.69) is 15.1 Å². The average molecular weight is 398 g/mol. The second-order valence-corrected chi connectivity index (χ2v) is 6.78. The van der Waals surface area contributed by atoms with Gasteiger partial charge in [0, 0.05) is 37.8 Å². The molecule has 0 radical (unpaired) electrons. The van der Waals surface area contributed by atoms with Crippen LogP contribution in [0.3, 0.4) is 0 Å². The number of hydrogen-bond acceptors (Lipinski definition) is 4. The van der Waals surface area contributed by atoms with Gasteiger partial charge in [-0.3, -0.25) is 9.89 Å². The molecule has 0 unspecified atom stereocenters. The first-order valence-electron chi connectivity index (χ1n) is 9.24. The summed E-state index contributed by atoms with van der Waals surface area (Å²) in [5.41, 5.74) is 2.04. The summed E-state index contributed by atoms with van der Waals surface area (Å²) >= 11 is 0. The number of carbonyl (C=O) groups is 1. The van der Waals surface area contributed by atoms with E-state index >= 15 is 0 Å². The largest absolute Gasteiger partial charge is 0.497 e. The number of hydrogen-bond donors (Lipinski definition) is 1. The Morgan fingerprint density at radius 2 is 1.72 bits per heavy atom. The van der Waals surface area contributed by atoms with Crippen molar-refractivity contribution in [2.24, 2.45) is 0 Å². The van der Waals surface area contributed by atoms with Gasteiger partial charge in [-0.1, -0.05) is 0 Å². The molecule has 4 rings (SSSR count). The molecule has 8 heteroatoms. The minimum atomic E-state index is -1.02. The van der Waals surface area contributed by atoms with Gasteiger partial charge in [0.1, 0.15) is 5.75 Å². The summed E-state index contributed by atoms with van der Waals surface area (Å²) in [7, 11) is 1.63. The Morgan fingerprint density at radius 1 is 1.00 bits per heavy atom. The van der Waals surface area contributed by atoms with Crippen LogP contribution in [0.15, 0.2) is 48.5 Å². The van der Waals surface area contributed by atoms with Crippen LogP contribution in [0.2, 0.25) is 0 Å². The normalized spacial score (nSPS) is 14.2. The zero-order valence-electron chi connectivity index (χ0n) is 15.9. The summed E-state index contributed by atoms with van der Waals surface area (Å²) in [6.07, 6.45) is 0. The lowest BCUT2D eigenvalue weighted by Gasteiger charge is -2.34. The molecule has 1 saturated heterocycles. The van der Waals surface area contributed by atoms with Gasteiger partial charge in [0.2, 0.25) is 0 Å². The third-order valence-electron chi connectivity index (χ3n) is 5.02. The first kappa shape index (κ1) is 18.9. The highest BCUT2D eigenvalue weighted by Gasteiger charge is 2.24. The Labute approximate surface area is 166 Å². The van der Waals surface area contributed by atoms with E-state index in [9.17, 15) is 13.6 Å². The van der Waals surface area contributed by atoms with Crippen LogP contribution >= 0.6 is 0 Å². The van der Waals surface area contributed by atoms with Crippen LogP contribution in [0.25, 0.3) is 11.3 Å². The molecule has 1 fully saturated rings. The molecule has 150 valence electrons. The quantitative estimate of drug-likeness (QED) is 0.732. The molecule has 2 heterocycles. The Bertz CT molecular complexity index is 1010. The Kier molecular flexibility index (Phi) is 5.16. The molecule has 1 aliphatic rings. The number of anilines is 1. The van der Waals surface area contributed by atoms with Crippen LogP contribution in [-0.2, 0) is 0 Å². The molecule has 2 aromatic carbocycles. The number of nitrogens with one attached hydrogen (secondary N) is 1. The number of benzene rings is 2. The van der Waals surface area contributed by atoms with Crippen LogP contribution < -0.4 is 9.64 Å². The van der Waals surface area contributed by atoms with Gasteiger partial charge in [0.05, 0.1) is 12.8 Å². The fraction of sp³-hybridized carbons (Fsp3) is 0.238. The fourth-order valence-corrected chi connectivity index (χ4v) is 3.34. The standard InChI is InChI=1S/C21H20F2N4O2/c1-29-16-5-2-14(3-6-16)19-13-20(25-24-19)26-8-10-27(11-9-26)21(28)15-4-7-17(22)18(23)12-15/h2-7,12-13H,8-11H2,1H3,(H,24,25). The number of halogens is 2. The van der Waals surface area contributed by atoms with Crippen molar-refractivity contribution < 1.29 is 18.3 Å². The molecule has 1 aromatic heterocycles. The first-order chi connectivity index (χ1) is 14.0. The number of aromatic nitrogens is 2. The first-order valence-corrected chi connectivity index (χ1v) is 9.24. The van der Waals surface area contributed by atoms with E-state index in [1.807, 2.05) is 30.3 Å². The Morgan fingerprint density at radius 3 is 2.38 bits per heavy atom. The Balaban J connectivity index is 1.40. The second-order valence-electron chi connectivity index (χ2n) is 6.78. The second kappa shape index (κ2) is 7.90.